The van der Waals surface area contributed by atoms with Gasteiger partial charge in [0.25, 0.3) is 0 Å². The third-order valence-electron chi connectivity index (χ3n) is 3.76. The summed E-state index contributed by atoms with van der Waals surface area (Å²) in [4.78, 5) is 17.6. The van der Waals surface area contributed by atoms with Gasteiger partial charge in [-0.25, -0.2) is 13.4 Å². The summed E-state index contributed by atoms with van der Waals surface area (Å²) >= 11 is 1.56. The van der Waals surface area contributed by atoms with Gasteiger partial charge >= 0.3 is 0 Å². The first-order valence-electron chi connectivity index (χ1n) is 7.11. The van der Waals surface area contributed by atoms with E-state index in [2.05, 4.69) is 10.3 Å². The maximum atomic E-state index is 12.2. The van der Waals surface area contributed by atoms with Crippen LogP contribution in [0.15, 0.2) is 17.8 Å². The van der Waals surface area contributed by atoms with Crippen LogP contribution in [0.1, 0.15) is 18.5 Å². The normalized spacial score (nSPS) is 19.8. The highest BCUT2D eigenvalue weighted by Gasteiger charge is 2.36. The van der Waals surface area contributed by atoms with Crippen molar-refractivity contribution in [1.82, 2.24) is 19.0 Å². The minimum absolute atomic E-state index is 0.219. The highest BCUT2D eigenvalue weighted by atomic mass is 32.2. The predicted octanol–water partition coefficient (Wildman–Crippen LogP) is 0.479. The molecule has 0 radical (unpaired) electrons. The van der Waals surface area contributed by atoms with Crippen LogP contribution >= 0.6 is 11.3 Å². The van der Waals surface area contributed by atoms with Gasteiger partial charge in [-0.3, -0.25) is 9.20 Å². The number of nitrogens with one attached hydrogen (secondary N) is 1. The molecule has 2 aromatic heterocycles. The molecule has 0 aromatic carbocycles. The molecular weight excluding hydrogens is 324 g/mol. The monoisotopic (exact) mass is 342 g/mol. The van der Waals surface area contributed by atoms with Gasteiger partial charge in [-0.15, -0.1) is 11.3 Å². The SMILES string of the molecule is CS(=O)(=O)N1CCCC1C(=O)NCCc1cn2ccsc2n1. The van der Waals surface area contributed by atoms with Crippen molar-refractivity contribution in [2.45, 2.75) is 25.3 Å². The molecule has 1 aliphatic heterocycles. The van der Waals surface area contributed by atoms with E-state index in [4.69, 9.17) is 0 Å². The highest BCUT2D eigenvalue weighted by Crippen LogP contribution is 2.20. The summed E-state index contributed by atoms with van der Waals surface area (Å²) in [6, 6.07) is -0.569. The van der Waals surface area contributed by atoms with E-state index in [1.807, 2.05) is 22.2 Å². The Labute approximate surface area is 133 Å². The Morgan fingerprint density at radius 1 is 1.55 bits per heavy atom. The summed E-state index contributed by atoms with van der Waals surface area (Å²) in [6.45, 7) is 0.881. The minimum Gasteiger partial charge on any atom is -0.354 e. The fourth-order valence-corrected chi connectivity index (χ4v) is 4.57. The molecule has 1 atom stereocenters. The molecule has 0 saturated carbocycles. The van der Waals surface area contributed by atoms with Crippen molar-refractivity contribution in [3.05, 3.63) is 23.5 Å². The molecule has 22 heavy (non-hydrogen) atoms. The van der Waals surface area contributed by atoms with Gasteiger partial charge in [-0.05, 0) is 12.8 Å². The Morgan fingerprint density at radius 3 is 3.09 bits per heavy atom. The number of imidazole rings is 1. The zero-order valence-electron chi connectivity index (χ0n) is 12.2. The molecule has 0 aliphatic carbocycles. The number of rotatable bonds is 5. The van der Waals surface area contributed by atoms with Crippen LogP contribution in [0.5, 0.6) is 0 Å². The van der Waals surface area contributed by atoms with Crippen molar-refractivity contribution in [3.8, 4) is 0 Å². The molecule has 3 rings (SSSR count). The van der Waals surface area contributed by atoms with Crippen molar-refractivity contribution < 1.29 is 13.2 Å². The van der Waals surface area contributed by atoms with Crippen molar-refractivity contribution >= 4 is 32.2 Å². The average molecular weight is 342 g/mol. The molecular formula is C13H18N4O3S2. The maximum absolute atomic E-state index is 12.2. The largest absolute Gasteiger partial charge is 0.354 e. The molecule has 7 nitrogen and oxygen atoms in total. The minimum atomic E-state index is -3.33. The second kappa shape index (κ2) is 5.98. The van der Waals surface area contributed by atoms with Gasteiger partial charge in [0.15, 0.2) is 4.96 Å². The number of carbonyl (C=O) groups excluding carboxylic acids is 1. The van der Waals surface area contributed by atoms with E-state index in [1.165, 1.54) is 4.31 Å². The first-order chi connectivity index (χ1) is 10.4. The molecule has 1 N–H and O–H groups in total. The highest BCUT2D eigenvalue weighted by molar-refractivity contribution is 7.88. The van der Waals surface area contributed by atoms with Crippen LogP contribution in [-0.4, -0.2) is 53.4 Å². The number of hydrogen-bond acceptors (Lipinski definition) is 5. The van der Waals surface area contributed by atoms with Crippen LogP contribution in [-0.2, 0) is 21.2 Å². The predicted molar refractivity (Wildman–Crippen MR) is 84.4 cm³/mol. The smallest absolute Gasteiger partial charge is 0.238 e. The molecule has 3 heterocycles. The molecule has 1 unspecified atom stereocenters. The lowest BCUT2D eigenvalue weighted by molar-refractivity contribution is -0.124. The molecule has 1 fully saturated rings. The quantitative estimate of drug-likeness (QED) is 0.856. The average Bonchev–Trinajstić information content (AvgIpc) is 3.12. The number of thiazole rings is 1. The van der Waals surface area contributed by atoms with Crippen LogP contribution < -0.4 is 5.32 Å². The zero-order chi connectivity index (χ0) is 15.7. The number of fused-ring (bicyclic) bond motifs is 1. The summed E-state index contributed by atoms with van der Waals surface area (Å²) in [6.07, 6.45) is 6.97. The number of nitrogens with zero attached hydrogens (tertiary/aromatic N) is 3. The van der Waals surface area contributed by atoms with E-state index < -0.39 is 16.1 Å². The van der Waals surface area contributed by atoms with E-state index in [0.29, 0.717) is 25.9 Å². The lowest BCUT2D eigenvalue weighted by Crippen LogP contribution is -2.45. The molecule has 1 amide bonds. The zero-order valence-corrected chi connectivity index (χ0v) is 13.9. The van der Waals surface area contributed by atoms with Gasteiger partial charge in [0.2, 0.25) is 15.9 Å². The van der Waals surface area contributed by atoms with E-state index in [1.54, 1.807) is 11.3 Å². The van der Waals surface area contributed by atoms with Crippen LogP contribution in [0.2, 0.25) is 0 Å². The van der Waals surface area contributed by atoms with Crippen molar-refractivity contribution in [2.75, 3.05) is 19.3 Å². The van der Waals surface area contributed by atoms with E-state index >= 15 is 0 Å². The van der Waals surface area contributed by atoms with Crippen LogP contribution in [0, 0.1) is 0 Å². The Kier molecular flexibility index (Phi) is 4.20. The van der Waals surface area contributed by atoms with Crippen molar-refractivity contribution in [2.24, 2.45) is 0 Å². The maximum Gasteiger partial charge on any atom is 0.238 e. The standard InChI is InChI=1S/C13H18N4O3S2/c1-22(19,20)17-6-2-3-11(17)12(18)14-5-4-10-9-16-7-8-21-13(16)15-10/h7-9,11H,2-6H2,1H3,(H,14,18). The lowest BCUT2D eigenvalue weighted by Gasteiger charge is -2.21. The van der Waals surface area contributed by atoms with Gasteiger partial charge in [-0.1, -0.05) is 0 Å². The molecule has 9 heteroatoms. The summed E-state index contributed by atoms with van der Waals surface area (Å²) in [5.74, 6) is -0.219. The summed E-state index contributed by atoms with van der Waals surface area (Å²) in [5, 5.41) is 4.79. The van der Waals surface area contributed by atoms with Gasteiger partial charge in [0.1, 0.15) is 6.04 Å². The molecule has 1 aliphatic rings. The van der Waals surface area contributed by atoms with E-state index in [0.717, 1.165) is 23.3 Å². The summed E-state index contributed by atoms with van der Waals surface area (Å²) < 4.78 is 26.5. The fourth-order valence-electron chi connectivity index (χ4n) is 2.73. The number of carbonyl (C=O) groups is 1. The van der Waals surface area contributed by atoms with E-state index in [-0.39, 0.29) is 5.91 Å². The van der Waals surface area contributed by atoms with Crippen molar-refractivity contribution in [1.29, 1.82) is 0 Å². The Hall–Kier alpha value is -1.45. The van der Waals surface area contributed by atoms with Crippen LogP contribution in [0.25, 0.3) is 4.96 Å². The first kappa shape index (κ1) is 15.4. The summed E-state index contributed by atoms with van der Waals surface area (Å²) in [7, 11) is -3.33. The fraction of sp³-hybridized carbons (Fsp3) is 0.538. The number of amides is 1. The molecule has 1 saturated heterocycles. The molecule has 0 bridgehead atoms. The van der Waals surface area contributed by atoms with Crippen LogP contribution in [0.4, 0.5) is 0 Å². The van der Waals surface area contributed by atoms with E-state index in [9.17, 15) is 13.2 Å². The van der Waals surface area contributed by atoms with Gasteiger partial charge in [-0.2, -0.15) is 4.31 Å². The van der Waals surface area contributed by atoms with Gasteiger partial charge in [0, 0.05) is 37.3 Å². The Balaban J connectivity index is 1.55. The third kappa shape index (κ3) is 3.16. The van der Waals surface area contributed by atoms with Crippen molar-refractivity contribution in [3.63, 3.8) is 0 Å². The second-order valence-electron chi connectivity index (χ2n) is 5.40. The number of aromatic nitrogens is 2. The Bertz CT molecular complexity index is 752. The van der Waals surface area contributed by atoms with Gasteiger partial charge < -0.3 is 5.32 Å². The number of sulfonamides is 1. The molecule has 0 spiro atoms. The topological polar surface area (TPSA) is 83.8 Å². The second-order valence-corrected chi connectivity index (χ2v) is 8.21. The van der Waals surface area contributed by atoms with Gasteiger partial charge in [0.05, 0.1) is 11.9 Å². The third-order valence-corrected chi connectivity index (χ3v) is 5.82. The molecule has 2 aromatic rings. The molecule has 120 valence electrons. The first-order valence-corrected chi connectivity index (χ1v) is 9.83. The number of hydrogen-bond donors (Lipinski definition) is 1. The Morgan fingerprint density at radius 2 is 2.36 bits per heavy atom. The van der Waals surface area contributed by atoms with Crippen LogP contribution in [0.3, 0.4) is 0 Å². The summed E-state index contributed by atoms with van der Waals surface area (Å²) in [5.41, 5.74) is 0.915. The lowest BCUT2D eigenvalue weighted by atomic mass is 10.2.